The number of urea groups is 1. The topological polar surface area (TPSA) is 77.5 Å². The lowest BCUT2D eigenvalue weighted by Crippen LogP contribution is -2.36. The maximum absolute atomic E-state index is 11.7. The third-order valence-corrected chi connectivity index (χ3v) is 4.54. The highest BCUT2D eigenvalue weighted by Crippen LogP contribution is 2.14. The van der Waals surface area contributed by atoms with Gasteiger partial charge < -0.3 is 21.3 Å². The fraction of sp³-hybridized carbons (Fsp3) is 0.368. The van der Waals surface area contributed by atoms with E-state index in [9.17, 15) is 4.79 Å². The lowest BCUT2D eigenvalue weighted by molar-refractivity contribution is 0.250. The Morgan fingerprint density at radius 2 is 1.77 bits per heavy atom. The summed E-state index contributed by atoms with van der Waals surface area (Å²) < 4.78 is 0. The van der Waals surface area contributed by atoms with Crippen LogP contribution in [-0.2, 0) is 13.1 Å². The molecule has 2 rings (SSSR count). The largest absolute Gasteiger partial charge is 0.352 e. The van der Waals surface area contributed by atoms with Crippen LogP contribution in [0, 0.1) is 6.92 Å². The smallest absolute Gasteiger partial charge is 0.319 e. The second kappa shape index (κ2) is 9.82. The third-order valence-electron chi connectivity index (χ3n) is 3.54. The van der Waals surface area contributed by atoms with Crippen LogP contribution in [0.5, 0.6) is 0 Å². The maximum atomic E-state index is 11.7. The van der Waals surface area contributed by atoms with Crippen molar-refractivity contribution in [2.45, 2.75) is 39.9 Å². The number of carbonyl (C=O) groups is 1. The molecule has 2 aromatic rings. The Bertz CT molecular complexity index is 737. The molecule has 4 N–H and O–H groups in total. The fourth-order valence-corrected chi connectivity index (χ4v) is 3.12. The van der Waals surface area contributed by atoms with Crippen molar-refractivity contribution in [1.82, 2.24) is 16.0 Å². The summed E-state index contributed by atoms with van der Waals surface area (Å²) in [6.45, 7) is 7.36. The van der Waals surface area contributed by atoms with E-state index in [1.54, 1.807) is 18.4 Å². The first-order valence-corrected chi connectivity index (χ1v) is 9.44. The summed E-state index contributed by atoms with van der Waals surface area (Å²) in [5.41, 5.74) is 1.87. The second-order valence-electron chi connectivity index (χ2n) is 6.24. The fourth-order valence-electron chi connectivity index (χ4n) is 2.29. The molecular weight excluding hydrogens is 346 g/mol. The van der Waals surface area contributed by atoms with Crippen LogP contribution >= 0.6 is 11.3 Å². The van der Waals surface area contributed by atoms with E-state index < -0.39 is 0 Å². The number of nitrogens with zero attached hydrogens (tertiary/aromatic N) is 1. The summed E-state index contributed by atoms with van der Waals surface area (Å²) in [6.07, 6.45) is 0. The van der Waals surface area contributed by atoms with Gasteiger partial charge in [0.1, 0.15) is 0 Å². The number of guanidine groups is 1. The minimum atomic E-state index is -0.195. The minimum absolute atomic E-state index is 0.107. The van der Waals surface area contributed by atoms with Gasteiger partial charge >= 0.3 is 6.03 Å². The van der Waals surface area contributed by atoms with E-state index in [1.807, 2.05) is 38.1 Å². The van der Waals surface area contributed by atoms with Crippen LogP contribution in [0.1, 0.15) is 29.2 Å². The molecule has 0 radical (unpaired) electrons. The second-order valence-corrected chi connectivity index (χ2v) is 7.61. The van der Waals surface area contributed by atoms with Gasteiger partial charge in [-0.25, -0.2) is 4.79 Å². The van der Waals surface area contributed by atoms with Crippen LogP contribution in [0.25, 0.3) is 0 Å². The van der Waals surface area contributed by atoms with Crippen molar-refractivity contribution in [2.75, 3.05) is 12.4 Å². The number of anilines is 1. The van der Waals surface area contributed by atoms with Crippen molar-refractivity contribution in [3.8, 4) is 0 Å². The first-order valence-electron chi connectivity index (χ1n) is 8.62. The molecule has 0 spiro atoms. The summed E-state index contributed by atoms with van der Waals surface area (Å²) >= 11 is 1.78. The molecular formula is C19H27N5OS. The molecule has 26 heavy (non-hydrogen) atoms. The Balaban J connectivity index is 1.79. The number of nitrogens with one attached hydrogen (secondary N) is 4. The van der Waals surface area contributed by atoms with Crippen LogP contribution in [0.3, 0.4) is 0 Å². The standard InChI is InChI=1S/C19H27N5OS/c1-13(2)23-19(25)24-16-8-6-15(7-9-16)11-21-18(20-4)22-12-17-10-5-14(3)26-17/h5-10,13H,11-12H2,1-4H3,(H2,20,21,22)(H2,23,24,25). The number of aliphatic imine (C=N–C) groups is 1. The highest BCUT2D eigenvalue weighted by atomic mass is 32.1. The van der Waals surface area contributed by atoms with Crippen molar-refractivity contribution in [1.29, 1.82) is 0 Å². The van der Waals surface area contributed by atoms with Gasteiger partial charge in [-0.1, -0.05) is 12.1 Å². The van der Waals surface area contributed by atoms with Gasteiger partial charge in [-0.15, -0.1) is 11.3 Å². The van der Waals surface area contributed by atoms with Gasteiger partial charge in [0.2, 0.25) is 0 Å². The van der Waals surface area contributed by atoms with Gasteiger partial charge in [0, 0.05) is 35.1 Å². The lowest BCUT2D eigenvalue weighted by atomic mass is 10.2. The summed E-state index contributed by atoms with van der Waals surface area (Å²) in [7, 11) is 1.76. The summed E-state index contributed by atoms with van der Waals surface area (Å²) in [5.74, 6) is 0.759. The van der Waals surface area contributed by atoms with E-state index >= 15 is 0 Å². The van der Waals surface area contributed by atoms with E-state index in [0.29, 0.717) is 6.54 Å². The van der Waals surface area contributed by atoms with E-state index in [1.165, 1.54) is 9.75 Å². The van der Waals surface area contributed by atoms with Crippen molar-refractivity contribution < 1.29 is 4.79 Å². The zero-order valence-corrected chi connectivity index (χ0v) is 16.5. The molecule has 0 aliphatic rings. The number of hydrogen-bond acceptors (Lipinski definition) is 3. The zero-order valence-electron chi connectivity index (χ0n) is 15.7. The van der Waals surface area contributed by atoms with Crippen molar-refractivity contribution >= 4 is 29.0 Å². The van der Waals surface area contributed by atoms with Crippen molar-refractivity contribution in [2.24, 2.45) is 4.99 Å². The van der Waals surface area contributed by atoms with Gasteiger partial charge in [-0.05, 0) is 50.6 Å². The molecule has 0 saturated carbocycles. The number of aryl methyl sites for hydroxylation is 1. The van der Waals surface area contributed by atoms with Crippen molar-refractivity contribution in [3.63, 3.8) is 0 Å². The molecule has 0 fully saturated rings. The zero-order chi connectivity index (χ0) is 18.9. The Hall–Kier alpha value is -2.54. The number of carbonyl (C=O) groups excluding carboxylic acids is 1. The Labute approximate surface area is 159 Å². The Morgan fingerprint density at radius 1 is 1.08 bits per heavy atom. The summed E-state index contributed by atoms with van der Waals surface area (Å²) in [6, 6.07) is 11.9. The number of thiophene rings is 1. The van der Waals surface area contributed by atoms with Gasteiger partial charge in [-0.2, -0.15) is 0 Å². The van der Waals surface area contributed by atoms with Crippen LogP contribution in [0.4, 0.5) is 10.5 Å². The molecule has 0 atom stereocenters. The van der Waals surface area contributed by atoms with E-state index in [4.69, 9.17) is 0 Å². The maximum Gasteiger partial charge on any atom is 0.319 e. The molecule has 0 bridgehead atoms. The number of hydrogen-bond donors (Lipinski definition) is 4. The van der Waals surface area contributed by atoms with Gasteiger partial charge in [-0.3, -0.25) is 4.99 Å². The molecule has 0 aliphatic heterocycles. The molecule has 7 heteroatoms. The molecule has 1 heterocycles. The van der Waals surface area contributed by atoms with Crippen LogP contribution in [0.2, 0.25) is 0 Å². The summed E-state index contributed by atoms with van der Waals surface area (Å²) in [4.78, 5) is 18.5. The quantitative estimate of drug-likeness (QED) is 0.463. The average Bonchev–Trinajstić information content (AvgIpc) is 3.01. The molecule has 140 valence electrons. The van der Waals surface area contributed by atoms with E-state index in [-0.39, 0.29) is 12.1 Å². The molecule has 1 aromatic heterocycles. The Morgan fingerprint density at radius 3 is 2.35 bits per heavy atom. The number of rotatable bonds is 6. The first kappa shape index (κ1) is 19.8. The first-order chi connectivity index (χ1) is 12.5. The van der Waals surface area contributed by atoms with Crippen molar-refractivity contribution in [3.05, 3.63) is 51.7 Å². The normalized spacial score (nSPS) is 11.3. The molecule has 6 nitrogen and oxygen atoms in total. The van der Waals surface area contributed by atoms with Gasteiger partial charge in [0.15, 0.2) is 5.96 Å². The van der Waals surface area contributed by atoms with Gasteiger partial charge in [0.25, 0.3) is 0 Å². The lowest BCUT2D eigenvalue weighted by Gasteiger charge is -2.12. The Kier molecular flexibility index (Phi) is 7.47. The van der Waals surface area contributed by atoms with Crippen LogP contribution < -0.4 is 21.3 Å². The number of amides is 2. The minimum Gasteiger partial charge on any atom is -0.352 e. The molecule has 0 aliphatic carbocycles. The predicted molar refractivity (Wildman–Crippen MR) is 110 cm³/mol. The molecule has 2 amide bonds. The highest BCUT2D eigenvalue weighted by molar-refractivity contribution is 7.11. The molecule has 0 saturated heterocycles. The average molecular weight is 374 g/mol. The molecule has 0 unspecified atom stereocenters. The van der Waals surface area contributed by atoms with Gasteiger partial charge in [0.05, 0.1) is 6.54 Å². The highest BCUT2D eigenvalue weighted by Gasteiger charge is 2.04. The van der Waals surface area contributed by atoms with E-state index in [2.05, 4.69) is 45.3 Å². The predicted octanol–water partition coefficient (Wildman–Crippen LogP) is 3.45. The SMILES string of the molecule is CN=C(NCc1ccc(NC(=O)NC(C)C)cc1)NCc1ccc(C)s1. The number of benzene rings is 1. The third kappa shape index (κ3) is 6.76. The molecule has 1 aromatic carbocycles. The van der Waals surface area contributed by atoms with E-state index in [0.717, 1.165) is 23.8 Å². The monoisotopic (exact) mass is 373 g/mol. The van der Waals surface area contributed by atoms with Crippen LogP contribution in [0.15, 0.2) is 41.4 Å². The summed E-state index contributed by atoms with van der Waals surface area (Å²) in [5, 5.41) is 12.2. The van der Waals surface area contributed by atoms with Crippen LogP contribution in [-0.4, -0.2) is 25.1 Å².